The molecule has 29 heavy (non-hydrogen) atoms. The monoisotopic (exact) mass is 404 g/mol. The summed E-state index contributed by atoms with van der Waals surface area (Å²) < 4.78 is 6.28. The Morgan fingerprint density at radius 3 is 2.00 bits per heavy atom. The van der Waals surface area contributed by atoms with Crippen LogP contribution >= 0.6 is 0 Å². The lowest BCUT2D eigenvalue weighted by Gasteiger charge is -2.30. The van der Waals surface area contributed by atoms with Crippen LogP contribution in [0, 0.1) is 0 Å². The van der Waals surface area contributed by atoms with Gasteiger partial charge in [0.25, 0.3) is 0 Å². The Morgan fingerprint density at radius 2 is 1.41 bits per heavy atom. The molecule has 3 rings (SSSR count). The summed E-state index contributed by atoms with van der Waals surface area (Å²) in [5.74, 6) is 0. The van der Waals surface area contributed by atoms with Gasteiger partial charge in [0.1, 0.15) is 0 Å². The summed E-state index contributed by atoms with van der Waals surface area (Å²) in [6.07, 6.45) is 0. The van der Waals surface area contributed by atoms with Crippen LogP contribution in [0.3, 0.4) is 0 Å². The number of benzene rings is 3. The molecule has 0 saturated carbocycles. The zero-order chi connectivity index (χ0) is 21.4. The van der Waals surface area contributed by atoms with Gasteiger partial charge >= 0.3 is 0 Å². The van der Waals surface area contributed by atoms with E-state index in [1.807, 2.05) is 0 Å². The van der Waals surface area contributed by atoms with E-state index in [1.165, 1.54) is 38.6 Å². The molecule has 0 radical (unpaired) electrons. The third-order valence-electron chi connectivity index (χ3n) is 5.55. The Kier molecular flexibility index (Phi) is 6.07. The van der Waals surface area contributed by atoms with Gasteiger partial charge in [-0.3, -0.25) is 0 Å². The van der Waals surface area contributed by atoms with Crippen LogP contribution in [0.15, 0.2) is 54.6 Å². The molecule has 0 spiro atoms. The molecular formula is C27H36OSi. The highest BCUT2D eigenvalue weighted by atomic mass is 28.3. The summed E-state index contributed by atoms with van der Waals surface area (Å²) in [6.45, 7) is 19.0. The third-order valence-corrected chi connectivity index (χ3v) is 6.38. The van der Waals surface area contributed by atoms with Gasteiger partial charge in [0.2, 0.25) is 0 Å². The molecule has 0 bridgehead atoms. The average Bonchev–Trinajstić information content (AvgIpc) is 2.63. The fourth-order valence-corrected chi connectivity index (χ4v) is 4.29. The second-order valence-corrected chi connectivity index (χ2v) is 12.9. The van der Waals surface area contributed by atoms with Crippen LogP contribution in [0.1, 0.15) is 58.2 Å². The molecule has 3 aromatic rings. The summed E-state index contributed by atoms with van der Waals surface area (Å²) in [6, 6.07) is 20.3. The van der Waals surface area contributed by atoms with E-state index in [0.717, 1.165) is 0 Å². The van der Waals surface area contributed by atoms with Crippen molar-refractivity contribution in [3.8, 4) is 11.1 Å². The van der Waals surface area contributed by atoms with Crippen LogP contribution in [0.2, 0.25) is 13.1 Å². The summed E-state index contributed by atoms with van der Waals surface area (Å²) in [4.78, 5) is 0. The molecule has 1 nitrogen and oxygen atoms in total. The van der Waals surface area contributed by atoms with Crippen molar-refractivity contribution in [2.24, 2.45) is 0 Å². The van der Waals surface area contributed by atoms with Gasteiger partial charge in [0.05, 0.1) is 6.61 Å². The number of hydrogen-bond donors (Lipinski definition) is 0. The molecule has 0 aromatic heterocycles. The molecule has 0 aliphatic heterocycles. The minimum absolute atomic E-state index is 0.0596. The first kappa shape index (κ1) is 21.8. The zero-order valence-electron chi connectivity index (χ0n) is 19.4. The van der Waals surface area contributed by atoms with Crippen molar-refractivity contribution in [1.82, 2.24) is 0 Å². The Morgan fingerprint density at radius 1 is 0.759 bits per heavy atom. The van der Waals surface area contributed by atoms with Gasteiger partial charge in [-0.25, -0.2) is 0 Å². The van der Waals surface area contributed by atoms with Gasteiger partial charge in [-0.2, -0.15) is 0 Å². The lowest BCUT2D eigenvalue weighted by atomic mass is 9.76. The first-order valence-corrected chi connectivity index (χ1v) is 13.5. The molecule has 0 amide bonds. The van der Waals surface area contributed by atoms with Crippen molar-refractivity contribution >= 4 is 19.8 Å². The highest BCUT2D eigenvalue weighted by molar-refractivity contribution is 6.48. The predicted molar refractivity (Wildman–Crippen MR) is 130 cm³/mol. The summed E-state index contributed by atoms with van der Waals surface area (Å²) in [7, 11) is -1.12. The highest BCUT2D eigenvalue weighted by Crippen LogP contribution is 2.39. The normalized spacial score (nSPS) is 12.7. The topological polar surface area (TPSA) is 9.23 Å². The van der Waals surface area contributed by atoms with E-state index in [1.54, 1.807) is 0 Å². The molecule has 2 heteroatoms. The smallest absolute Gasteiger partial charge is 0.171 e. The molecule has 3 aromatic carbocycles. The van der Waals surface area contributed by atoms with Gasteiger partial charge in [0.15, 0.2) is 9.04 Å². The van der Waals surface area contributed by atoms with Gasteiger partial charge in [-0.15, -0.1) is 0 Å². The Labute approximate surface area is 178 Å². The minimum Gasteiger partial charge on any atom is -0.416 e. The van der Waals surface area contributed by atoms with Crippen LogP contribution in [-0.4, -0.2) is 9.04 Å². The second-order valence-electron chi connectivity index (χ2n) is 10.5. The molecule has 0 saturated heterocycles. The van der Waals surface area contributed by atoms with E-state index in [9.17, 15) is 0 Å². The van der Waals surface area contributed by atoms with Crippen LogP contribution in [0.5, 0.6) is 0 Å². The second kappa shape index (κ2) is 8.08. The van der Waals surface area contributed by atoms with Gasteiger partial charge < -0.3 is 4.43 Å². The summed E-state index contributed by atoms with van der Waals surface area (Å²) in [5, 5.41) is 2.57. The third kappa shape index (κ3) is 4.99. The highest BCUT2D eigenvalue weighted by Gasteiger charge is 2.25. The first-order chi connectivity index (χ1) is 13.5. The van der Waals surface area contributed by atoms with Crippen LogP contribution in [0.4, 0.5) is 0 Å². The summed E-state index contributed by atoms with van der Waals surface area (Å²) >= 11 is 0. The molecule has 154 valence electrons. The predicted octanol–water partition coefficient (Wildman–Crippen LogP) is 7.60. The van der Waals surface area contributed by atoms with Gasteiger partial charge in [-0.1, -0.05) is 90.1 Å². The fourth-order valence-electron chi connectivity index (χ4n) is 3.79. The minimum atomic E-state index is -1.12. The van der Waals surface area contributed by atoms with E-state index in [0.29, 0.717) is 6.61 Å². The van der Waals surface area contributed by atoms with E-state index in [4.69, 9.17) is 4.43 Å². The molecule has 0 N–H and O–H groups in total. The van der Waals surface area contributed by atoms with Gasteiger partial charge in [0, 0.05) is 0 Å². The molecule has 0 aliphatic rings. The van der Waals surface area contributed by atoms with E-state index in [2.05, 4.69) is 109 Å². The van der Waals surface area contributed by atoms with E-state index in [-0.39, 0.29) is 10.8 Å². The van der Waals surface area contributed by atoms with Crippen molar-refractivity contribution in [2.45, 2.75) is 72.1 Å². The quantitative estimate of drug-likeness (QED) is 0.407. The van der Waals surface area contributed by atoms with Crippen molar-refractivity contribution in [3.63, 3.8) is 0 Å². The van der Waals surface area contributed by atoms with Crippen molar-refractivity contribution in [2.75, 3.05) is 0 Å². The van der Waals surface area contributed by atoms with Crippen molar-refractivity contribution < 1.29 is 4.43 Å². The van der Waals surface area contributed by atoms with Gasteiger partial charge in [-0.05, 0) is 68.6 Å². The zero-order valence-corrected chi connectivity index (χ0v) is 20.5. The Hall–Kier alpha value is -1.90. The number of fused-ring (bicyclic) bond motifs is 1. The summed E-state index contributed by atoms with van der Waals surface area (Å²) in [5.41, 5.74) is 6.90. The maximum atomic E-state index is 6.28. The maximum Gasteiger partial charge on any atom is 0.171 e. The lowest BCUT2D eigenvalue weighted by Crippen LogP contribution is -2.21. The number of rotatable bonds is 4. The molecular weight excluding hydrogens is 368 g/mol. The molecule has 0 aliphatic carbocycles. The maximum absolute atomic E-state index is 6.28. The molecule has 0 fully saturated rings. The standard InChI is InChI=1S/C27H36OSi/c1-26(2,3)22-16-23(21-14-13-19-11-9-10-12-20(19)15-21)24(18-28-29(7)8)25(17-22)27(4,5)6/h9-17,29H,18H2,1-8H3. The van der Waals surface area contributed by atoms with E-state index >= 15 is 0 Å². The van der Waals surface area contributed by atoms with Crippen LogP contribution < -0.4 is 0 Å². The largest absolute Gasteiger partial charge is 0.416 e. The lowest BCUT2D eigenvalue weighted by molar-refractivity contribution is 0.311. The average molecular weight is 405 g/mol. The number of hydrogen-bond acceptors (Lipinski definition) is 1. The van der Waals surface area contributed by atoms with E-state index < -0.39 is 9.04 Å². The molecule has 0 heterocycles. The van der Waals surface area contributed by atoms with Crippen molar-refractivity contribution in [1.29, 1.82) is 0 Å². The van der Waals surface area contributed by atoms with Crippen LogP contribution in [-0.2, 0) is 21.9 Å². The Balaban J connectivity index is 2.30. The SMILES string of the molecule is C[SiH](C)OCc1c(-c2ccc3ccccc3c2)cc(C(C)(C)C)cc1C(C)(C)C. The van der Waals surface area contributed by atoms with Crippen LogP contribution in [0.25, 0.3) is 21.9 Å². The fraction of sp³-hybridized carbons (Fsp3) is 0.407. The first-order valence-electron chi connectivity index (χ1n) is 10.8. The van der Waals surface area contributed by atoms with Crippen molar-refractivity contribution in [3.05, 3.63) is 71.3 Å². The Bertz CT molecular complexity index is 1000. The molecule has 0 unspecified atom stereocenters. The molecule has 0 atom stereocenters.